The number of ketones is 2. The summed E-state index contributed by atoms with van der Waals surface area (Å²) in [6.45, 7) is 2.92. The quantitative estimate of drug-likeness (QED) is 0.518. The van der Waals surface area contributed by atoms with Crippen LogP contribution in [0.25, 0.3) is 0 Å². The van der Waals surface area contributed by atoms with E-state index in [9.17, 15) is 24.9 Å². The second kappa shape index (κ2) is 7.39. The van der Waals surface area contributed by atoms with Gasteiger partial charge in [-0.15, -0.1) is 0 Å². The molecule has 0 aromatic heterocycles. The highest BCUT2D eigenvalue weighted by Crippen LogP contribution is 2.47. The molecule has 0 aliphatic carbocycles. The molecule has 28 heavy (non-hydrogen) atoms. The van der Waals surface area contributed by atoms with Crippen molar-refractivity contribution in [2.75, 3.05) is 6.61 Å². The fourth-order valence-corrected chi connectivity index (χ4v) is 3.70. The number of benzene rings is 2. The summed E-state index contributed by atoms with van der Waals surface area (Å²) in [6, 6.07) is 12.5. The SMILES string of the molecule is Cc1ccc(C(=O)C2(Cl)O[C@H](CO)[C@@H](O)[C@]2(O)C(=O)c2ccc(C)cc2)cc1. The second-order valence-corrected chi connectivity index (χ2v) is 7.57. The Kier molecular flexibility index (Phi) is 5.44. The predicted molar refractivity (Wildman–Crippen MR) is 103 cm³/mol. The van der Waals surface area contributed by atoms with Crippen LogP contribution in [-0.2, 0) is 4.74 Å². The van der Waals surface area contributed by atoms with E-state index in [0.29, 0.717) is 0 Å². The van der Waals surface area contributed by atoms with Crippen LogP contribution in [0.3, 0.4) is 0 Å². The van der Waals surface area contributed by atoms with E-state index in [1.165, 1.54) is 24.3 Å². The molecule has 6 nitrogen and oxygen atoms in total. The molecule has 0 radical (unpaired) electrons. The molecule has 1 aliphatic heterocycles. The Bertz CT molecular complexity index is 894. The molecule has 0 amide bonds. The van der Waals surface area contributed by atoms with Crippen molar-refractivity contribution in [3.63, 3.8) is 0 Å². The Hall–Kier alpha value is -2.09. The van der Waals surface area contributed by atoms with Crippen LogP contribution < -0.4 is 0 Å². The number of alkyl halides is 1. The predicted octanol–water partition coefficient (Wildman–Crippen LogP) is 1.79. The molecule has 4 atom stereocenters. The monoisotopic (exact) mass is 404 g/mol. The summed E-state index contributed by atoms with van der Waals surface area (Å²) in [5.41, 5.74) is -0.864. The zero-order valence-electron chi connectivity index (χ0n) is 15.4. The van der Waals surface area contributed by atoms with Gasteiger partial charge >= 0.3 is 0 Å². The van der Waals surface area contributed by atoms with Gasteiger partial charge in [-0.05, 0) is 13.8 Å². The van der Waals surface area contributed by atoms with Crippen molar-refractivity contribution >= 4 is 23.2 Å². The summed E-state index contributed by atoms with van der Waals surface area (Å²) >= 11 is 6.43. The zero-order chi connectivity index (χ0) is 20.7. The molecule has 1 fully saturated rings. The Morgan fingerprint density at radius 1 is 0.964 bits per heavy atom. The first kappa shape index (κ1) is 20.6. The minimum atomic E-state index is -2.79. The molecule has 1 saturated heterocycles. The molecule has 148 valence electrons. The largest absolute Gasteiger partial charge is 0.394 e. The smallest absolute Gasteiger partial charge is 0.244 e. The van der Waals surface area contributed by atoms with E-state index in [2.05, 4.69) is 0 Å². The van der Waals surface area contributed by atoms with E-state index in [1.54, 1.807) is 24.3 Å². The summed E-state index contributed by atoms with van der Waals surface area (Å²) in [4.78, 5) is 26.3. The molecular weight excluding hydrogens is 384 g/mol. The van der Waals surface area contributed by atoms with Crippen LogP contribution in [0.15, 0.2) is 48.5 Å². The van der Waals surface area contributed by atoms with Gasteiger partial charge in [-0.1, -0.05) is 71.3 Å². The Balaban J connectivity index is 2.11. The first-order valence-electron chi connectivity index (χ1n) is 8.76. The summed E-state index contributed by atoms with van der Waals surface area (Å²) in [7, 11) is 0. The Labute approximate surface area is 167 Å². The lowest BCUT2D eigenvalue weighted by Crippen LogP contribution is -2.62. The number of aryl methyl sites for hydroxylation is 2. The van der Waals surface area contributed by atoms with Gasteiger partial charge in [0.2, 0.25) is 22.2 Å². The minimum absolute atomic E-state index is 0.0519. The maximum absolute atomic E-state index is 13.1. The summed E-state index contributed by atoms with van der Waals surface area (Å²) in [5.74, 6) is -1.85. The van der Waals surface area contributed by atoms with Gasteiger partial charge in [0.15, 0.2) is 0 Å². The Morgan fingerprint density at radius 3 is 1.82 bits per heavy atom. The third-order valence-corrected chi connectivity index (χ3v) is 5.58. The van der Waals surface area contributed by atoms with Crippen LogP contribution in [0, 0.1) is 13.8 Å². The maximum atomic E-state index is 13.1. The van der Waals surface area contributed by atoms with Gasteiger partial charge in [0.25, 0.3) is 0 Å². The number of hydrogen-bond donors (Lipinski definition) is 3. The van der Waals surface area contributed by atoms with Gasteiger partial charge in [0, 0.05) is 11.1 Å². The van der Waals surface area contributed by atoms with Gasteiger partial charge in [-0.3, -0.25) is 9.59 Å². The lowest BCUT2D eigenvalue weighted by molar-refractivity contribution is -0.0573. The molecule has 0 bridgehead atoms. The number of ether oxygens (including phenoxy) is 1. The number of carbonyl (C=O) groups is 2. The van der Waals surface area contributed by atoms with E-state index in [1.807, 2.05) is 13.8 Å². The highest BCUT2D eigenvalue weighted by molar-refractivity contribution is 6.40. The molecule has 1 unspecified atom stereocenters. The molecule has 2 aromatic rings. The van der Waals surface area contributed by atoms with Crippen LogP contribution in [0.1, 0.15) is 31.8 Å². The van der Waals surface area contributed by atoms with Gasteiger partial charge in [0.1, 0.15) is 12.2 Å². The van der Waals surface area contributed by atoms with Crippen LogP contribution in [0.5, 0.6) is 0 Å². The van der Waals surface area contributed by atoms with Crippen LogP contribution in [0.4, 0.5) is 0 Å². The molecule has 3 rings (SSSR count). The molecule has 2 aromatic carbocycles. The maximum Gasteiger partial charge on any atom is 0.244 e. The average molecular weight is 405 g/mol. The van der Waals surface area contributed by atoms with Crippen molar-refractivity contribution in [3.05, 3.63) is 70.8 Å². The van der Waals surface area contributed by atoms with Crippen molar-refractivity contribution in [1.29, 1.82) is 0 Å². The topological polar surface area (TPSA) is 104 Å². The van der Waals surface area contributed by atoms with Crippen molar-refractivity contribution in [2.45, 2.75) is 36.7 Å². The second-order valence-electron chi connectivity index (χ2n) is 7.04. The molecule has 1 heterocycles. The van der Waals surface area contributed by atoms with Gasteiger partial charge in [-0.2, -0.15) is 0 Å². The lowest BCUT2D eigenvalue weighted by Gasteiger charge is -2.34. The van der Waals surface area contributed by atoms with Crippen LogP contribution in [0.2, 0.25) is 0 Å². The number of Topliss-reactive ketones (excluding diaryl/α,β-unsaturated/α-hetero) is 2. The number of aliphatic hydroxyl groups is 3. The summed E-state index contributed by atoms with van der Waals surface area (Å²) in [6.07, 6.45) is -3.32. The molecule has 3 N–H and O–H groups in total. The fourth-order valence-electron chi connectivity index (χ4n) is 3.28. The van der Waals surface area contributed by atoms with Crippen molar-refractivity contribution in [3.8, 4) is 0 Å². The highest BCUT2D eigenvalue weighted by atomic mass is 35.5. The number of halogens is 1. The molecular formula is C21H21ClO6. The first-order valence-corrected chi connectivity index (χ1v) is 9.14. The van der Waals surface area contributed by atoms with E-state index in [4.69, 9.17) is 16.3 Å². The van der Waals surface area contributed by atoms with Crippen molar-refractivity contribution in [1.82, 2.24) is 0 Å². The van der Waals surface area contributed by atoms with Gasteiger partial charge in [-0.25, -0.2) is 0 Å². The number of hydrogen-bond acceptors (Lipinski definition) is 6. The van der Waals surface area contributed by atoms with Crippen LogP contribution >= 0.6 is 11.6 Å². The van der Waals surface area contributed by atoms with E-state index < -0.39 is 41.0 Å². The lowest BCUT2D eigenvalue weighted by atomic mass is 9.80. The number of carbonyl (C=O) groups excluding carboxylic acids is 2. The van der Waals surface area contributed by atoms with Crippen molar-refractivity contribution in [2.24, 2.45) is 0 Å². The first-order chi connectivity index (χ1) is 13.1. The third kappa shape index (κ3) is 3.07. The minimum Gasteiger partial charge on any atom is -0.394 e. The van der Waals surface area contributed by atoms with E-state index >= 15 is 0 Å². The summed E-state index contributed by atoms with van der Waals surface area (Å²) in [5, 5.41) is 28.7. The van der Waals surface area contributed by atoms with E-state index in [-0.39, 0.29) is 11.1 Å². The molecule has 7 heteroatoms. The summed E-state index contributed by atoms with van der Waals surface area (Å²) < 4.78 is 5.38. The normalized spacial score (nSPS) is 29.6. The third-order valence-electron chi connectivity index (χ3n) is 5.03. The van der Waals surface area contributed by atoms with E-state index in [0.717, 1.165) is 11.1 Å². The Morgan fingerprint density at radius 2 is 1.39 bits per heavy atom. The molecule has 0 saturated carbocycles. The number of rotatable bonds is 5. The van der Waals surface area contributed by atoms with Crippen molar-refractivity contribution < 1.29 is 29.6 Å². The molecule has 1 aliphatic rings. The standard InChI is InChI=1S/C21H21ClO6/c1-12-3-7-14(8-4-12)17(24)20(27)19(26)16(11-23)28-21(20,22)18(25)15-9-5-13(2)6-10-15/h3-10,16,19,23,26-27H,11H2,1-2H3/t16-,19-,20-,21?/m1/s1. The van der Waals surface area contributed by atoms with Crippen LogP contribution in [-0.4, -0.2) is 56.4 Å². The molecule has 0 spiro atoms. The fraction of sp³-hybridized carbons (Fsp3) is 0.333. The zero-order valence-corrected chi connectivity index (χ0v) is 16.2. The highest BCUT2D eigenvalue weighted by Gasteiger charge is 2.71. The van der Waals surface area contributed by atoms with Gasteiger partial charge < -0.3 is 20.1 Å². The average Bonchev–Trinajstić information content (AvgIpc) is 2.90. The number of aliphatic hydroxyl groups excluding tert-OH is 2. The van der Waals surface area contributed by atoms with Gasteiger partial charge in [0.05, 0.1) is 6.61 Å².